The lowest BCUT2D eigenvalue weighted by molar-refractivity contribution is -0.0212. The summed E-state index contributed by atoms with van der Waals surface area (Å²) in [6, 6.07) is 17.4. The van der Waals surface area contributed by atoms with Gasteiger partial charge >= 0.3 is 0 Å². The monoisotopic (exact) mass is 409 g/mol. The van der Waals surface area contributed by atoms with Gasteiger partial charge < -0.3 is 10.1 Å². The molecule has 0 aliphatic carbocycles. The molecule has 1 atom stereocenters. The number of aromatic nitrogens is 1. The molecule has 3 aromatic rings. The van der Waals surface area contributed by atoms with Gasteiger partial charge in [0.15, 0.2) is 0 Å². The Morgan fingerprint density at radius 3 is 2.93 bits per heavy atom. The summed E-state index contributed by atoms with van der Waals surface area (Å²) in [5.74, 6) is -0.103. The average Bonchev–Trinajstić information content (AvgIpc) is 2.72. The highest BCUT2D eigenvalue weighted by Gasteiger charge is 2.16. The van der Waals surface area contributed by atoms with Gasteiger partial charge in [-0.05, 0) is 48.4 Å². The molecule has 0 spiro atoms. The lowest BCUT2D eigenvalue weighted by Gasteiger charge is -2.31. The molecular weight excluding hydrogens is 386 g/mol. The summed E-state index contributed by atoms with van der Waals surface area (Å²) in [6.07, 6.45) is 0.277. The minimum atomic E-state index is -0.103. The van der Waals surface area contributed by atoms with E-state index >= 15 is 0 Å². The predicted molar refractivity (Wildman–Crippen MR) is 115 cm³/mol. The third-order valence-electron chi connectivity index (χ3n) is 5.09. The molecule has 0 bridgehead atoms. The number of benzene rings is 2. The maximum atomic E-state index is 12.6. The summed E-state index contributed by atoms with van der Waals surface area (Å²) < 4.78 is 5.61. The van der Waals surface area contributed by atoms with Gasteiger partial charge in [-0.2, -0.15) is 0 Å². The van der Waals surface area contributed by atoms with Crippen molar-refractivity contribution in [3.63, 3.8) is 0 Å². The van der Waals surface area contributed by atoms with Gasteiger partial charge in [-0.15, -0.1) is 0 Å². The minimum absolute atomic E-state index is 0.103. The molecule has 29 heavy (non-hydrogen) atoms. The van der Waals surface area contributed by atoms with Crippen LogP contribution in [-0.2, 0) is 17.8 Å². The van der Waals surface area contributed by atoms with Crippen LogP contribution in [0.5, 0.6) is 0 Å². The molecule has 1 N–H and O–H groups in total. The maximum Gasteiger partial charge on any atom is 0.251 e. The summed E-state index contributed by atoms with van der Waals surface area (Å²) in [6.45, 7) is 6.18. The number of nitrogens with zero attached hydrogens (tertiary/aromatic N) is 2. The van der Waals surface area contributed by atoms with Crippen molar-refractivity contribution in [3.05, 3.63) is 76.4 Å². The molecule has 0 saturated carbocycles. The van der Waals surface area contributed by atoms with Gasteiger partial charge in [0.25, 0.3) is 5.91 Å². The molecule has 1 aromatic heterocycles. The van der Waals surface area contributed by atoms with Gasteiger partial charge in [0.2, 0.25) is 0 Å². The molecule has 6 heteroatoms. The van der Waals surface area contributed by atoms with Crippen molar-refractivity contribution in [3.8, 4) is 0 Å². The normalized spacial score (nSPS) is 17.4. The van der Waals surface area contributed by atoms with E-state index in [-0.39, 0.29) is 12.0 Å². The number of rotatable bonds is 5. The zero-order valence-corrected chi connectivity index (χ0v) is 17.2. The largest absolute Gasteiger partial charge is 0.376 e. The van der Waals surface area contributed by atoms with E-state index in [4.69, 9.17) is 16.3 Å². The maximum absolute atomic E-state index is 12.6. The Morgan fingerprint density at radius 2 is 2.07 bits per heavy atom. The molecule has 4 rings (SSSR count). The van der Waals surface area contributed by atoms with E-state index in [1.807, 2.05) is 30.3 Å². The van der Waals surface area contributed by atoms with Gasteiger partial charge in [-0.3, -0.25) is 9.69 Å². The number of ether oxygens (including phenoxy) is 1. The number of hydrogen-bond acceptors (Lipinski definition) is 4. The summed E-state index contributed by atoms with van der Waals surface area (Å²) in [7, 11) is 0. The molecule has 1 aliphatic heterocycles. The zero-order valence-electron chi connectivity index (χ0n) is 16.4. The van der Waals surface area contributed by atoms with Crippen molar-refractivity contribution in [2.45, 2.75) is 26.1 Å². The summed E-state index contributed by atoms with van der Waals surface area (Å²) in [5, 5.41) is 4.35. The average molecular weight is 410 g/mol. The van der Waals surface area contributed by atoms with E-state index in [2.05, 4.69) is 34.3 Å². The van der Waals surface area contributed by atoms with Crippen molar-refractivity contribution < 1.29 is 9.53 Å². The Labute approximate surface area is 175 Å². The molecule has 1 saturated heterocycles. The Kier molecular flexibility index (Phi) is 6.09. The van der Waals surface area contributed by atoms with Crippen LogP contribution in [0.2, 0.25) is 5.15 Å². The molecule has 2 aromatic carbocycles. The van der Waals surface area contributed by atoms with Crippen LogP contribution < -0.4 is 5.32 Å². The first-order chi connectivity index (χ1) is 14.1. The van der Waals surface area contributed by atoms with Gasteiger partial charge in [-0.25, -0.2) is 4.98 Å². The number of morpholine rings is 1. The smallest absolute Gasteiger partial charge is 0.251 e. The first-order valence-electron chi connectivity index (χ1n) is 9.83. The van der Waals surface area contributed by atoms with Crippen molar-refractivity contribution in [2.24, 2.45) is 0 Å². The second-order valence-electron chi connectivity index (χ2n) is 7.46. The fourth-order valence-electron chi connectivity index (χ4n) is 3.66. The highest BCUT2D eigenvalue weighted by Crippen LogP contribution is 2.17. The van der Waals surface area contributed by atoms with Crippen LogP contribution >= 0.6 is 11.6 Å². The molecule has 2 heterocycles. The third-order valence-corrected chi connectivity index (χ3v) is 5.30. The molecular formula is C23H24ClN3O2. The number of carbonyl (C=O) groups excluding carboxylic acids is 1. The van der Waals surface area contributed by atoms with Crippen LogP contribution in [0.4, 0.5) is 0 Å². The molecule has 1 fully saturated rings. The van der Waals surface area contributed by atoms with E-state index in [0.717, 1.165) is 42.7 Å². The number of carbonyl (C=O) groups is 1. The molecule has 1 unspecified atom stereocenters. The molecule has 150 valence electrons. The highest BCUT2D eigenvalue weighted by molar-refractivity contribution is 6.29. The van der Waals surface area contributed by atoms with E-state index in [1.54, 1.807) is 12.1 Å². The molecule has 1 aliphatic rings. The van der Waals surface area contributed by atoms with Crippen molar-refractivity contribution in [1.29, 1.82) is 0 Å². The van der Waals surface area contributed by atoms with Crippen LogP contribution in [-0.4, -0.2) is 41.6 Å². The lowest BCUT2D eigenvalue weighted by atomic mass is 10.1. The van der Waals surface area contributed by atoms with Gasteiger partial charge in [-0.1, -0.05) is 35.9 Å². The van der Waals surface area contributed by atoms with E-state index < -0.39 is 0 Å². The Balaban J connectivity index is 1.38. The standard InChI is InChI=1S/C23H24ClN3O2/c1-16-14-27(9-10-29-16)15-18-4-2-3-17(11-18)13-25-23(28)20-5-7-21-19(12-20)6-8-22(24)26-21/h2-8,11-12,16H,9-10,13-15H2,1H3,(H,25,28). The Hall–Kier alpha value is -2.47. The predicted octanol–water partition coefficient (Wildman–Crippen LogP) is 4.04. The Bertz CT molecular complexity index is 1020. The zero-order chi connectivity index (χ0) is 20.2. The summed E-state index contributed by atoms with van der Waals surface area (Å²) >= 11 is 5.92. The van der Waals surface area contributed by atoms with Crippen molar-refractivity contribution in [2.75, 3.05) is 19.7 Å². The van der Waals surface area contributed by atoms with E-state index in [1.165, 1.54) is 5.56 Å². The number of amides is 1. The molecule has 5 nitrogen and oxygen atoms in total. The number of pyridine rings is 1. The van der Waals surface area contributed by atoms with Crippen LogP contribution in [0.1, 0.15) is 28.4 Å². The lowest BCUT2D eigenvalue weighted by Crippen LogP contribution is -2.40. The first-order valence-corrected chi connectivity index (χ1v) is 10.2. The van der Waals surface area contributed by atoms with Gasteiger partial charge in [0, 0.05) is 37.1 Å². The fraction of sp³-hybridized carbons (Fsp3) is 0.304. The highest BCUT2D eigenvalue weighted by atomic mass is 35.5. The third kappa shape index (κ3) is 5.12. The van der Waals surface area contributed by atoms with Crippen molar-refractivity contribution in [1.82, 2.24) is 15.2 Å². The number of nitrogens with one attached hydrogen (secondary N) is 1. The second-order valence-corrected chi connectivity index (χ2v) is 7.85. The summed E-state index contributed by atoms with van der Waals surface area (Å²) in [4.78, 5) is 19.2. The second kappa shape index (κ2) is 8.91. The van der Waals surface area contributed by atoms with Gasteiger partial charge in [0.1, 0.15) is 5.15 Å². The minimum Gasteiger partial charge on any atom is -0.376 e. The Morgan fingerprint density at radius 1 is 1.21 bits per heavy atom. The number of hydrogen-bond donors (Lipinski definition) is 1. The molecule has 1 amide bonds. The first kappa shape index (κ1) is 19.8. The van der Waals surface area contributed by atoms with Crippen LogP contribution in [0.25, 0.3) is 10.9 Å². The van der Waals surface area contributed by atoms with Crippen LogP contribution in [0.3, 0.4) is 0 Å². The van der Waals surface area contributed by atoms with E-state index in [0.29, 0.717) is 17.3 Å². The number of halogens is 1. The fourth-order valence-corrected chi connectivity index (χ4v) is 3.81. The van der Waals surface area contributed by atoms with Crippen molar-refractivity contribution >= 4 is 28.4 Å². The SMILES string of the molecule is CC1CN(Cc2cccc(CNC(=O)c3ccc4nc(Cl)ccc4c3)c2)CCO1. The molecule has 0 radical (unpaired) electrons. The van der Waals surface area contributed by atoms with Crippen LogP contribution in [0.15, 0.2) is 54.6 Å². The number of fused-ring (bicyclic) bond motifs is 1. The summed E-state index contributed by atoms with van der Waals surface area (Å²) in [5.41, 5.74) is 3.73. The topological polar surface area (TPSA) is 54.5 Å². The van der Waals surface area contributed by atoms with Crippen LogP contribution in [0, 0.1) is 0 Å². The van der Waals surface area contributed by atoms with E-state index in [9.17, 15) is 4.79 Å². The van der Waals surface area contributed by atoms with Gasteiger partial charge in [0.05, 0.1) is 18.2 Å². The quantitative estimate of drug-likeness (QED) is 0.646.